The zero-order valence-electron chi connectivity index (χ0n) is 18.1. The highest BCUT2D eigenvalue weighted by Gasteiger charge is 2.54. The zero-order chi connectivity index (χ0) is 22.1. The molecule has 1 rings (SSSR count). The van der Waals surface area contributed by atoms with Crippen LogP contribution in [0, 0.1) is 5.92 Å². The van der Waals surface area contributed by atoms with Crippen LogP contribution in [0.4, 0.5) is 0 Å². The second kappa shape index (κ2) is 11.2. The molecule has 1 atom stereocenters. The minimum atomic E-state index is -2.04. The van der Waals surface area contributed by atoms with E-state index >= 15 is 0 Å². The summed E-state index contributed by atoms with van der Waals surface area (Å²) >= 11 is 0. The third-order valence-corrected chi connectivity index (χ3v) is 5.59. The molecular formula is C22H34O7. The molecule has 0 spiro atoms. The van der Waals surface area contributed by atoms with Crippen LogP contribution < -0.4 is 0 Å². The van der Waals surface area contributed by atoms with Gasteiger partial charge in [-0.05, 0) is 37.8 Å². The Bertz CT molecular complexity index is 663. The number of aromatic hydroxyl groups is 1. The van der Waals surface area contributed by atoms with Gasteiger partial charge in [-0.2, -0.15) is 0 Å². The fourth-order valence-electron chi connectivity index (χ4n) is 3.65. The van der Waals surface area contributed by atoms with Crippen LogP contribution in [0.5, 0.6) is 5.75 Å². The van der Waals surface area contributed by atoms with Crippen LogP contribution in [0.15, 0.2) is 24.3 Å². The molecule has 29 heavy (non-hydrogen) atoms. The van der Waals surface area contributed by atoms with Gasteiger partial charge in [0.15, 0.2) is 0 Å². The van der Waals surface area contributed by atoms with Gasteiger partial charge in [-0.25, -0.2) is 0 Å². The standard InChI is InChI=1S/C22H34O7/c1-6-9-12-15-21(7-2,8-3)29-20(26)18(19(24)25)22(27-4,28-5)16-13-10-11-14-17(16)23/h10-11,13-14,18,23H,6-9,12,15H2,1-5H3,(H,24,25). The Morgan fingerprint density at radius 3 is 2.07 bits per heavy atom. The first-order valence-corrected chi connectivity index (χ1v) is 10.1. The maximum atomic E-state index is 13.2. The predicted molar refractivity (Wildman–Crippen MR) is 108 cm³/mol. The summed E-state index contributed by atoms with van der Waals surface area (Å²) in [5.41, 5.74) is -0.717. The van der Waals surface area contributed by atoms with Crippen molar-refractivity contribution in [3.8, 4) is 5.75 Å². The van der Waals surface area contributed by atoms with E-state index in [-0.39, 0.29) is 11.3 Å². The number of hydrogen-bond acceptors (Lipinski definition) is 6. The molecule has 0 aliphatic carbocycles. The zero-order valence-corrected chi connectivity index (χ0v) is 18.1. The largest absolute Gasteiger partial charge is 0.507 e. The number of rotatable bonds is 13. The number of unbranched alkanes of at least 4 members (excludes halogenated alkanes) is 2. The Morgan fingerprint density at radius 1 is 1.03 bits per heavy atom. The minimum absolute atomic E-state index is 0.0407. The van der Waals surface area contributed by atoms with Gasteiger partial charge in [0.25, 0.3) is 0 Å². The average Bonchev–Trinajstić information content (AvgIpc) is 2.71. The molecule has 1 aromatic rings. The molecule has 0 saturated heterocycles. The van der Waals surface area contributed by atoms with Gasteiger partial charge in [-0.15, -0.1) is 0 Å². The lowest BCUT2D eigenvalue weighted by Gasteiger charge is -2.38. The fourth-order valence-corrected chi connectivity index (χ4v) is 3.65. The van der Waals surface area contributed by atoms with E-state index in [1.807, 2.05) is 13.8 Å². The summed E-state index contributed by atoms with van der Waals surface area (Å²) in [5, 5.41) is 20.2. The van der Waals surface area contributed by atoms with Gasteiger partial charge < -0.3 is 24.4 Å². The number of carboxylic acids is 1. The molecule has 164 valence electrons. The van der Waals surface area contributed by atoms with Crippen LogP contribution in [0.1, 0.15) is 64.9 Å². The molecule has 7 heteroatoms. The molecule has 0 bridgehead atoms. The molecule has 7 nitrogen and oxygen atoms in total. The van der Waals surface area contributed by atoms with Crippen molar-refractivity contribution in [2.45, 2.75) is 70.7 Å². The number of aliphatic carboxylic acids is 1. The highest BCUT2D eigenvalue weighted by molar-refractivity contribution is 5.95. The summed E-state index contributed by atoms with van der Waals surface area (Å²) < 4.78 is 16.6. The smallest absolute Gasteiger partial charge is 0.326 e. The average molecular weight is 411 g/mol. The second-order valence-corrected chi connectivity index (χ2v) is 7.13. The van der Waals surface area contributed by atoms with Crippen molar-refractivity contribution in [3.05, 3.63) is 29.8 Å². The quantitative estimate of drug-likeness (QED) is 0.217. The van der Waals surface area contributed by atoms with Crippen molar-refractivity contribution in [3.63, 3.8) is 0 Å². The number of methoxy groups -OCH3 is 2. The van der Waals surface area contributed by atoms with E-state index in [0.717, 1.165) is 19.3 Å². The lowest BCUT2D eigenvalue weighted by Crippen LogP contribution is -2.50. The summed E-state index contributed by atoms with van der Waals surface area (Å²) in [7, 11) is 2.46. The van der Waals surface area contributed by atoms with Gasteiger partial charge in [-0.1, -0.05) is 45.7 Å². The van der Waals surface area contributed by atoms with Crippen LogP contribution in [-0.2, 0) is 29.6 Å². The van der Waals surface area contributed by atoms with Crippen molar-refractivity contribution in [1.29, 1.82) is 0 Å². The van der Waals surface area contributed by atoms with E-state index in [4.69, 9.17) is 14.2 Å². The van der Waals surface area contributed by atoms with Gasteiger partial charge in [0.2, 0.25) is 11.7 Å². The Balaban J connectivity index is 3.36. The molecule has 0 saturated carbocycles. The topological polar surface area (TPSA) is 102 Å². The molecule has 0 amide bonds. The Hall–Kier alpha value is -2.12. The Labute approximate surface area is 173 Å². The number of carbonyl (C=O) groups is 2. The van der Waals surface area contributed by atoms with Crippen molar-refractivity contribution in [1.82, 2.24) is 0 Å². The van der Waals surface area contributed by atoms with Crippen molar-refractivity contribution < 1.29 is 34.0 Å². The number of para-hydroxylation sites is 1. The second-order valence-electron chi connectivity index (χ2n) is 7.13. The molecule has 0 heterocycles. The Kier molecular flexibility index (Phi) is 9.59. The molecule has 1 unspecified atom stereocenters. The number of carboxylic acid groups (broad SMARTS) is 1. The number of hydrogen-bond donors (Lipinski definition) is 2. The monoisotopic (exact) mass is 410 g/mol. The highest BCUT2D eigenvalue weighted by Crippen LogP contribution is 2.41. The van der Waals surface area contributed by atoms with E-state index in [9.17, 15) is 19.8 Å². The summed E-state index contributed by atoms with van der Waals surface area (Å²) in [5.74, 6) is -6.52. The number of esters is 1. The number of phenolic OH excluding ortho intramolecular Hbond substituents is 1. The first kappa shape index (κ1) is 24.9. The molecule has 0 aromatic heterocycles. The van der Waals surface area contributed by atoms with Crippen molar-refractivity contribution >= 4 is 11.9 Å². The normalized spacial score (nSPS) is 13.1. The first-order chi connectivity index (χ1) is 13.8. The molecule has 0 radical (unpaired) electrons. The molecule has 1 aromatic carbocycles. The van der Waals surface area contributed by atoms with E-state index in [1.165, 1.54) is 26.4 Å². The Morgan fingerprint density at radius 2 is 1.62 bits per heavy atom. The van der Waals surface area contributed by atoms with E-state index in [2.05, 4.69) is 6.92 Å². The van der Waals surface area contributed by atoms with Crippen LogP contribution in [-0.4, -0.2) is 42.0 Å². The number of benzene rings is 1. The molecular weight excluding hydrogens is 376 g/mol. The predicted octanol–water partition coefficient (Wildman–Crippen LogP) is 4.22. The lowest BCUT2D eigenvalue weighted by atomic mass is 9.88. The highest BCUT2D eigenvalue weighted by atomic mass is 16.7. The van der Waals surface area contributed by atoms with Gasteiger partial charge >= 0.3 is 11.9 Å². The van der Waals surface area contributed by atoms with Gasteiger partial charge in [0.1, 0.15) is 11.4 Å². The third kappa shape index (κ3) is 5.48. The summed E-state index contributed by atoms with van der Waals surface area (Å²) in [6.45, 7) is 5.92. The van der Waals surface area contributed by atoms with Gasteiger partial charge in [0.05, 0.1) is 5.56 Å². The van der Waals surface area contributed by atoms with E-state index in [0.29, 0.717) is 19.3 Å². The van der Waals surface area contributed by atoms with Crippen LogP contribution in [0.25, 0.3) is 0 Å². The lowest BCUT2D eigenvalue weighted by molar-refractivity contribution is -0.257. The van der Waals surface area contributed by atoms with E-state index < -0.39 is 29.2 Å². The number of carbonyl (C=O) groups excluding carboxylic acids is 1. The first-order valence-electron chi connectivity index (χ1n) is 10.1. The van der Waals surface area contributed by atoms with Crippen molar-refractivity contribution in [2.75, 3.05) is 14.2 Å². The van der Waals surface area contributed by atoms with Crippen LogP contribution >= 0.6 is 0 Å². The third-order valence-electron chi connectivity index (χ3n) is 5.59. The minimum Gasteiger partial charge on any atom is -0.507 e. The summed E-state index contributed by atoms with van der Waals surface area (Å²) in [4.78, 5) is 25.3. The van der Waals surface area contributed by atoms with Crippen LogP contribution in [0.2, 0.25) is 0 Å². The molecule has 0 fully saturated rings. The molecule has 2 N–H and O–H groups in total. The summed E-state index contributed by atoms with van der Waals surface area (Å²) in [6.07, 6.45) is 4.68. The maximum Gasteiger partial charge on any atom is 0.326 e. The van der Waals surface area contributed by atoms with Crippen LogP contribution in [0.3, 0.4) is 0 Å². The fraction of sp³-hybridized carbons (Fsp3) is 0.636. The van der Waals surface area contributed by atoms with Gasteiger partial charge in [-0.3, -0.25) is 9.59 Å². The van der Waals surface area contributed by atoms with Gasteiger partial charge in [0, 0.05) is 14.2 Å². The number of ether oxygens (including phenoxy) is 3. The maximum absolute atomic E-state index is 13.2. The SMILES string of the molecule is CCCCCC(CC)(CC)OC(=O)C(C(=O)O)C(OC)(OC)c1ccccc1O. The molecule has 0 aliphatic rings. The molecule has 0 aliphatic heterocycles. The number of phenols is 1. The van der Waals surface area contributed by atoms with Crippen molar-refractivity contribution in [2.24, 2.45) is 5.92 Å². The summed E-state index contributed by atoms with van der Waals surface area (Å²) in [6, 6.07) is 6.01. The van der Waals surface area contributed by atoms with E-state index in [1.54, 1.807) is 12.1 Å².